The van der Waals surface area contributed by atoms with Crippen molar-refractivity contribution in [1.29, 1.82) is 0 Å². The topological polar surface area (TPSA) is 84.9 Å². The highest BCUT2D eigenvalue weighted by Gasteiger charge is 2.43. The molecule has 0 aliphatic carbocycles. The monoisotopic (exact) mass is 539 g/mol. The van der Waals surface area contributed by atoms with Crippen LogP contribution in [0.4, 0.5) is 5.69 Å². The van der Waals surface area contributed by atoms with Gasteiger partial charge in [-0.2, -0.15) is 0 Å². The van der Waals surface area contributed by atoms with E-state index in [0.29, 0.717) is 51.5 Å². The SMILES string of the molecule is C=C1C(=O)N(c2cc(OC)c(OC)c(OC)c2)[C@H]1c1ccc(OC)c(OSc2ccc(OC)c(OC)c2)c1. The predicted octanol–water partition coefficient (Wildman–Crippen LogP) is 5.47. The predicted molar refractivity (Wildman–Crippen MR) is 144 cm³/mol. The van der Waals surface area contributed by atoms with Gasteiger partial charge in [0, 0.05) is 23.8 Å². The maximum Gasteiger partial charge on any atom is 0.256 e. The number of benzene rings is 3. The molecular formula is C28H29NO8S. The maximum absolute atomic E-state index is 13.0. The summed E-state index contributed by atoms with van der Waals surface area (Å²) in [5.41, 5.74) is 1.83. The second-order valence-electron chi connectivity index (χ2n) is 8.08. The van der Waals surface area contributed by atoms with Crippen LogP contribution in [-0.2, 0) is 4.79 Å². The number of carbonyl (C=O) groups is 1. The van der Waals surface area contributed by atoms with E-state index >= 15 is 0 Å². The Bertz CT molecular complexity index is 1330. The van der Waals surface area contributed by atoms with Gasteiger partial charge >= 0.3 is 0 Å². The molecule has 1 aliphatic rings. The first-order valence-electron chi connectivity index (χ1n) is 11.5. The van der Waals surface area contributed by atoms with E-state index in [4.69, 9.17) is 32.6 Å². The van der Waals surface area contributed by atoms with Gasteiger partial charge in [0.05, 0.1) is 71.3 Å². The number of rotatable bonds is 11. The Morgan fingerprint density at radius 1 is 0.684 bits per heavy atom. The summed E-state index contributed by atoms with van der Waals surface area (Å²) in [6.07, 6.45) is 0. The highest BCUT2D eigenvalue weighted by molar-refractivity contribution is 7.95. The van der Waals surface area contributed by atoms with Crippen LogP contribution in [0, 0.1) is 0 Å². The maximum atomic E-state index is 13.0. The molecule has 0 spiro atoms. The third kappa shape index (κ3) is 4.87. The zero-order chi connectivity index (χ0) is 27.4. The molecule has 3 aromatic carbocycles. The average Bonchev–Trinajstić information content (AvgIpc) is 2.96. The van der Waals surface area contributed by atoms with Crippen LogP contribution >= 0.6 is 12.0 Å². The number of nitrogens with zero attached hydrogens (tertiary/aromatic N) is 1. The Hall–Kier alpha value is -4.18. The third-order valence-electron chi connectivity index (χ3n) is 6.10. The molecule has 200 valence electrons. The molecule has 0 radical (unpaired) electrons. The Labute approximate surface area is 226 Å². The van der Waals surface area contributed by atoms with Crippen LogP contribution in [0.5, 0.6) is 40.2 Å². The van der Waals surface area contributed by atoms with Crippen LogP contribution in [0.15, 0.2) is 65.6 Å². The molecule has 1 saturated heterocycles. The minimum absolute atomic E-state index is 0.206. The summed E-state index contributed by atoms with van der Waals surface area (Å²) in [5, 5.41) is 0. The van der Waals surface area contributed by atoms with Crippen molar-refractivity contribution >= 4 is 23.6 Å². The molecule has 0 saturated carbocycles. The van der Waals surface area contributed by atoms with Gasteiger partial charge in [-0.15, -0.1) is 0 Å². The molecule has 1 aliphatic heterocycles. The Kier molecular flexibility index (Phi) is 8.11. The summed E-state index contributed by atoms with van der Waals surface area (Å²) in [5.74, 6) is 3.35. The first-order chi connectivity index (χ1) is 18.4. The van der Waals surface area contributed by atoms with E-state index in [-0.39, 0.29) is 5.91 Å². The van der Waals surface area contributed by atoms with Crippen molar-refractivity contribution in [2.24, 2.45) is 0 Å². The summed E-state index contributed by atoms with van der Waals surface area (Å²) >= 11 is 1.14. The minimum Gasteiger partial charge on any atom is -0.493 e. The van der Waals surface area contributed by atoms with Gasteiger partial charge in [-0.3, -0.25) is 9.69 Å². The lowest BCUT2D eigenvalue weighted by Gasteiger charge is -2.42. The molecule has 1 atom stereocenters. The van der Waals surface area contributed by atoms with Crippen molar-refractivity contribution in [3.05, 3.63) is 66.2 Å². The van der Waals surface area contributed by atoms with Crippen molar-refractivity contribution < 1.29 is 37.4 Å². The molecule has 1 fully saturated rings. The molecule has 38 heavy (non-hydrogen) atoms. The lowest BCUT2D eigenvalue weighted by atomic mass is 9.88. The fraction of sp³-hybridized carbons (Fsp3) is 0.250. The van der Waals surface area contributed by atoms with E-state index < -0.39 is 6.04 Å². The fourth-order valence-corrected chi connectivity index (χ4v) is 4.79. The van der Waals surface area contributed by atoms with Crippen LogP contribution in [0.1, 0.15) is 11.6 Å². The van der Waals surface area contributed by atoms with Crippen molar-refractivity contribution in [2.45, 2.75) is 10.9 Å². The second-order valence-corrected chi connectivity index (χ2v) is 8.88. The molecule has 1 heterocycles. The van der Waals surface area contributed by atoms with Crippen LogP contribution in [0.3, 0.4) is 0 Å². The molecular weight excluding hydrogens is 510 g/mol. The molecule has 9 nitrogen and oxygen atoms in total. The van der Waals surface area contributed by atoms with E-state index in [0.717, 1.165) is 22.5 Å². The fourth-order valence-electron chi connectivity index (χ4n) is 4.19. The third-order valence-corrected chi connectivity index (χ3v) is 6.80. The van der Waals surface area contributed by atoms with Gasteiger partial charge in [0.25, 0.3) is 5.91 Å². The number of β-lactam (4-membered cyclic amide) rings is 1. The highest BCUT2D eigenvalue weighted by Crippen LogP contribution is 2.49. The lowest BCUT2D eigenvalue weighted by Crippen LogP contribution is -2.48. The van der Waals surface area contributed by atoms with Gasteiger partial charge in [-0.05, 0) is 29.8 Å². The summed E-state index contributed by atoms with van der Waals surface area (Å²) in [4.78, 5) is 15.4. The molecule has 0 aromatic heterocycles. The quantitative estimate of drug-likeness (QED) is 0.179. The van der Waals surface area contributed by atoms with Crippen molar-refractivity contribution in [3.63, 3.8) is 0 Å². The summed E-state index contributed by atoms with van der Waals surface area (Å²) in [7, 11) is 9.30. The summed E-state index contributed by atoms with van der Waals surface area (Å²) in [6, 6.07) is 14.0. The Balaban J connectivity index is 1.65. The van der Waals surface area contributed by atoms with Crippen LogP contribution in [-0.4, -0.2) is 48.6 Å². The first-order valence-corrected chi connectivity index (χ1v) is 12.2. The Morgan fingerprint density at radius 2 is 1.26 bits per heavy atom. The van der Waals surface area contributed by atoms with Gasteiger partial charge < -0.3 is 32.6 Å². The van der Waals surface area contributed by atoms with E-state index in [2.05, 4.69) is 6.58 Å². The normalized spacial score (nSPS) is 14.5. The Morgan fingerprint density at radius 3 is 1.84 bits per heavy atom. The van der Waals surface area contributed by atoms with E-state index in [1.54, 1.807) is 50.5 Å². The molecule has 0 N–H and O–H groups in total. The smallest absolute Gasteiger partial charge is 0.256 e. The number of ether oxygens (including phenoxy) is 6. The van der Waals surface area contributed by atoms with E-state index in [1.807, 2.05) is 24.3 Å². The van der Waals surface area contributed by atoms with Crippen LogP contribution in [0.25, 0.3) is 0 Å². The standard InChI is InChI=1S/C28H29NO8S/c1-16-26(29(28(16)30)18-13-24(34-5)27(36-7)25(14-18)35-6)17-8-10-21(32-3)23(12-17)37-38-19-9-11-20(31-2)22(15-19)33-4/h8-15,26H,1H2,2-7H3/t26-/m1/s1. The number of carbonyl (C=O) groups excluding carboxylic acids is 1. The number of anilines is 1. The summed E-state index contributed by atoms with van der Waals surface area (Å²) in [6.45, 7) is 4.01. The molecule has 0 bridgehead atoms. The zero-order valence-electron chi connectivity index (χ0n) is 22.0. The van der Waals surface area contributed by atoms with Gasteiger partial charge in [0.2, 0.25) is 5.75 Å². The largest absolute Gasteiger partial charge is 0.493 e. The van der Waals surface area contributed by atoms with E-state index in [9.17, 15) is 4.79 Å². The van der Waals surface area contributed by atoms with Crippen molar-refractivity contribution in [3.8, 4) is 40.2 Å². The van der Waals surface area contributed by atoms with Gasteiger partial charge in [-0.1, -0.05) is 12.6 Å². The first kappa shape index (κ1) is 26.9. The average molecular weight is 540 g/mol. The van der Waals surface area contributed by atoms with E-state index in [1.165, 1.54) is 21.3 Å². The summed E-state index contributed by atoms with van der Waals surface area (Å²) < 4.78 is 38.6. The molecule has 3 aromatic rings. The van der Waals surface area contributed by atoms with Crippen LogP contribution < -0.4 is 37.5 Å². The zero-order valence-corrected chi connectivity index (χ0v) is 22.8. The minimum atomic E-state index is -0.426. The number of hydrogen-bond acceptors (Lipinski definition) is 9. The lowest BCUT2D eigenvalue weighted by molar-refractivity contribution is -0.119. The molecule has 0 unspecified atom stereocenters. The van der Waals surface area contributed by atoms with Crippen molar-refractivity contribution in [1.82, 2.24) is 0 Å². The molecule has 10 heteroatoms. The highest BCUT2D eigenvalue weighted by atomic mass is 32.2. The van der Waals surface area contributed by atoms with Gasteiger partial charge in [0.15, 0.2) is 34.5 Å². The van der Waals surface area contributed by atoms with Crippen molar-refractivity contribution in [2.75, 3.05) is 47.6 Å². The number of hydrogen-bond donors (Lipinski definition) is 0. The van der Waals surface area contributed by atoms with Gasteiger partial charge in [-0.25, -0.2) is 0 Å². The molecule has 1 amide bonds. The molecule has 4 rings (SSSR count). The number of amides is 1. The number of methoxy groups -OCH3 is 6. The van der Waals surface area contributed by atoms with Gasteiger partial charge in [0.1, 0.15) is 0 Å². The van der Waals surface area contributed by atoms with Crippen LogP contribution in [0.2, 0.25) is 0 Å². The second kappa shape index (κ2) is 11.5.